The normalized spacial score (nSPS) is 14.1. The first-order valence-electron chi connectivity index (χ1n) is 10.6. The molecule has 2 aromatic carbocycles. The van der Waals surface area contributed by atoms with Gasteiger partial charge in [-0.15, -0.1) is 0 Å². The highest BCUT2D eigenvalue weighted by Crippen LogP contribution is 2.21. The van der Waals surface area contributed by atoms with Gasteiger partial charge in [-0.25, -0.2) is 13.1 Å². The van der Waals surface area contributed by atoms with Crippen molar-refractivity contribution in [2.45, 2.75) is 50.8 Å². The molecule has 162 valence electrons. The summed E-state index contributed by atoms with van der Waals surface area (Å²) < 4.78 is 28.0. The van der Waals surface area contributed by atoms with Crippen LogP contribution in [0, 0.1) is 6.92 Å². The van der Waals surface area contributed by atoms with Crippen LogP contribution in [0.5, 0.6) is 0 Å². The summed E-state index contributed by atoms with van der Waals surface area (Å²) in [5.41, 5.74) is 3.69. The highest BCUT2D eigenvalue weighted by atomic mass is 32.2. The van der Waals surface area contributed by atoms with Crippen molar-refractivity contribution in [3.63, 3.8) is 0 Å². The average Bonchev–Trinajstić information content (AvgIpc) is 3.26. The van der Waals surface area contributed by atoms with Crippen LogP contribution in [-0.2, 0) is 21.2 Å². The second-order valence-electron chi connectivity index (χ2n) is 7.74. The van der Waals surface area contributed by atoms with Gasteiger partial charge < -0.3 is 10.2 Å². The quantitative estimate of drug-likeness (QED) is 0.594. The van der Waals surface area contributed by atoms with Gasteiger partial charge in [0.25, 0.3) is 0 Å². The number of rotatable bonds is 9. The van der Waals surface area contributed by atoms with Gasteiger partial charge in [0.2, 0.25) is 15.9 Å². The Morgan fingerprint density at radius 2 is 1.77 bits per heavy atom. The van der Waals surface area contributed by atoms with Crippen LogP contribution in [0.3, 0.4) is 0 Å². The van der Waals surface area contributed by atoms with Crippen LogP contribution in [0.1, 0.15) is 43.7 Å². The lowest BCUT2D eigenvalue weighted by Crippen LogP contribution is -2.26. The SMILES string of the molecule is CCC(=O)Nc1ccc(S(=O)(=O)NCCCc2ccc(N3CCCC3)cc2)c(C)c1. The Hall–Kier alpha value is -2.38. The molecule has 0 unspecified atom stereocenters. The zero-order valence-electron chi connectivity index (χ0n) is 17.8. The first kappa shape index (κ1) is 22.3. The lowest BCUT2D eigenvalue weighted by Gasteiger charge is -2.17. The van der Waals surface area contributed by atoms with Crippen molar-refractivity contribution in [2.24, 2.45) is 0 Å². The smallest absolute Gasteiger partial charge is 0.240 e. The van der Waals surface area contributed by atoms with Crippen LogP contribution in [0.4, 0.5) is 11.4 Å². The molecule has 3 rings (SSSR count). The summed E-state index contributed by atoms with van der Waals surface area (Å²) in [5, 5.41) is 2.75. The largest absolute Gasteiger partial charge is 0.372 e. The molecular formula is C23H31N3O3S. The number of aryl methyl sites for hydroxylation is 2. The van der Waals surface area contributed by atoms with Crippen molar-refractivity contribution in [3.8, 4) is 0 Å². The minimum Gasteiger partial charge on any atom is -0.372 e. The van der Waals surface area contributed by atoms with E-state index in [1.54, 1.807) is 32.0 Å². The van der Waals surface area contributed by atoms with Crippen LogP contribution in [0.15, 0.2) is 47.4 Å². The minimum atomic E-state index is -3.58. The zero-order chi connectivity index (χ0) is 21.6. The molecule has 0 spiro atoms. The Morgan fingerprint density at radius 3 is 2.40 bits per heavy atom. The van der Waals surface area contributed by atoms with Gasteiger partial charge in [0.15, 0.2) is 0 Å². The molecule has 30 heavy (non-hydrogen) atoms. The highest BCUT2D eigenvalue weighted by Gasteiger charge is 2.17. The number of hydrogen-bond donors (Lipinski definition) is 2. The standard InChI is InChI=1S/C23H31N3O3S/c1-3-23(27)25-20-10-13-22(18(2)17-20)30(28,29)24-14-6-7-19-8-11-21(12-9-19)26-15-4-5-16-26/h8-13,17,24H,3-7,14-16H2,1-2H3,(H,25,27). The van der Waals surface area contributed by atoms with E-state index in [-0.39, 0.29) is 10.8 Å². The topological polar surface area (TPSA) is 78.5 Å². The summed E-state index contributed by atoms with van der Waals surface area (Å²) in [6.07, 6.45) is 4.45. The summed E-state index contributed by atoms with van der Waals surface area (Å²) >= 11 is 0. The molecule has 0 atom stereocenters. The number of anilines is 2. The van der Waals surface area contributed by atoms with Crippen molar-refractivity contribution < 1.29 is 13.2 Å². The number of hydrogen-bond acceptors (Lipinski definition) is 4. The van der Waals surface area contributed by atoms with Gasteiger partial charge in [-0.1, -0.05) is 19.1 Å². The van der Waals surface area contributed by atoms with E-state index in [1.165, 1.54) is 24.1 Å². The fourth-order valence-electron chi connectivity index (χ4n) is 3.70. The van der Waals surface area contributed by atoms with Crippen LogP contribution in [-0.4, -0.2) is 34.0 Å². The van der Waals surface area contributed by atoms with Crippen LogP contribution in [0.2, 0.25) is 0 Å². The molecule has 1 amide bonds. The van der Waals surface area contributed by atoms with Gasteiger partial charge >= 0.3 is 0 Å². The second kappa shape index (κ2) is 10.1. The molecule has 6 nitrogen and oxygen atoms in total. The second-order valence-corrected chi connectivity index (χ2v) is 9.48. The Bertz CT molecular complexity index is 966. The summed E-state index contributed by atoms with van der Waals surface area (Å²) in [5.74, 6) is -0.100. The molecule has 1 fully saturated rings. The molecule has 1 heterocycles. The fraction of sp³-hybridized carbons (Fsp3) is 0.435. The molecule has 0 aliphatic carbocycles. The third-order valence-electron chi connectivity index (χ3n) is 5.41. The number of carbonyl (C=O) groups excluding carboxylic acids is 1. The van der Waals surface area contributed by atoms with E-state index in [9.17, 15) is 13.2 Å². The number of nitrogens with one attached hydrogen (secondary N) is 2. The van der Waals surface area contributed by atoms with Crippen LogP contribution < -0.4 is 14.9 Å². The Labute approximate surface area is 179 Å². The number of benzene rings is 2. The van der Waals surface area contributed by atoms with E-state index in [1.807, 2.05) is 0 Å². The van der Waals surface area contributed by atoms with E-state index < -0.39 is 10.0 Å². The summed E-state index contributed by atoms with van der Waals surface area (Å²) in [6.45, 7) is 6.15. The molecule has 1 aliphatic heterocycles. The monoisotopic (exact) mass is 429 g/mol. The first-order chi connectivity index (χ1) is 14.4. The van der Waals surface area contributed by atoms with Crippen molar-refractivity contribution in [1.29, 1.82) is 0 Å². The maximum Gasteiger partial charge on any atom is 0.240 e. The number of sulfonamides is 1. The molecule has 0 radical (unpaired) electrons. The maximum absolute atomic E-state index is 12.6. The van der Waals surface area contributed by atoms with Gasteiger partial charge in [0.05, 0.1) is 4.90 Å². The van der Waals surface area contributed by atoms with Gasteiger partial charge in [0, 0.05) is 37.4 Å². The predicted octanol–water partition coefficient (Wildman–Crippen LogP) is 3.85. The van der Waals surface area contributed by atoms with Crippen LogP contribution >= 0.6 is 0 Å². The highest BCUT2D eigenvalue weighted by molar-refractivity contribution is 7.89. The molecule has 7 heteroatoms. The molecular weight excluding hydrogens is 398 g/mol. The Balaban J connectivity index is 1.50. The van der Waals surface area contributed by atoms with Crippen molar-refractivity contribution in [3.05, 3.63) is 53.6 Å². The van der Waals surface area contributed by atoms with E-state index in [0.717, 1.165) is 25.9 Å². The lowest BCUT2D eigenvalue weighted by atomic mass is 10.1. The maximum atomic E-state index is 12.6. The summed E-state index contributed by atoms with van der Waals surface area (Å²) in [7, 11) is -3.58. The third-order valence-corrected chi connectivity index (χ3v) is 7.03. The van der Waals surface area contributed by atoms with Gasteiger partial charge in [-0.05, 0) is 74.1 Å². The molecule has 0 aromatic heterocycles. The van der Waals surface area contributed by atoms with Crippen LogP contribution in [0.25, 0.3) is 0 Å². The van der Waals surface area contributed by atoms with E-state index >= 15 is 0 Å². The lowest BCUT2D eigenvalue weighted by molar-refractivity contribution is -0.115. The van der Waals surface area contributed by atoms with E-state index in [2.05, 4.69) is 39.2 Å². The van der Waals surface area contributed by atoms with Gasteiger partial charge in [0.1, 0.15) is 0 Å². The van der Waals surface area contributed by atoms with E-state index in [4.69, 9.17) is 0 Å². The summed E-state index contributed by atoms with van der Waals surface area (Å²) in [6, 6.07) is 13.4. The number of carbonyl (C=O) groups is 1. The van der Waals surface area contributed by atoms with Crippen molar-refractivity contribution in [2.75, 3.05) is 29.9 Å². The molecule has 0 bridgehead atoms. The summed E-state index contributed by atoms with van der Waals surface area (Å²) in [4.78, 5) is 14.2. The minimum absolute atomic E-state index is 0.100. The average molecular weight is 430 g/mol. The number of amides is 1. The molecule has 2 N–H and O–H groups in total. The molecule has 0 saturated carbocycles. The zero-order valence-corrected chi connectivity index (χ0v) is 18.6. The van der Waals surface area contributed by atoms with Gasteiger partial charge in [-0.3, -0.25) is 4.79 Å². The fourth-order valence-corrected chi connectivity index (χ4v) is 5.00. The predicted molar refractivity (Wildman–Crippen MR) is 121 cm³/mol. The molecule has 1 saturated heterocycles. The van der Waals surface area contributed by atoms with Gasteiger partial charge in [-0.2, -0.15) is 0 Å². The Morgan fingerprint density at radius 1 is 1.07 bits per heavy atom. The number of nitrogens with zero attached hydrogens (tertiary/aromatic N) is 1. The Kier molecular flexibility index (Phi) is 7.50. The molecule has 2 aromatic rings. The van der Waals surface area contributed by atoms with Crippen molar-refractivity contribution in [1.82, 2.24) is 4.72 Å². The van der Waals surface area contributed by atoms with Crippen molar-refractivity contribution >= 4 is 27.3 Å². The molecule has 1 aliphatic rings. The van der Waals surface area contributed by atoms with E-state index in [0.29, 0.717) is 24.2 Å². The third kappa shape index (κ3) is 5.83. The first-order valence-corrected chi connectivity index (χ1v) is 12.1.